The van der Waals surface area contributed by atoms with Gasteiger partial charge in [-0.05, 0) is 85.5 Å². The van der Waals surface area contributed by atoms with Crippen molar-refractivity contribution >= 4 is 23.1 Å². The van der Waals surface area contributed by atoms with Gasteiger partial charge in [-0.2, -0.15) is 0 Å². The zero-order valence-electron chi connectivity index (χ0n) is 21.7. The lowest BCUT2D eigenvalue weighted by atomic mass is 9.88. The summed E-state index contributed by atoms with van der Waals surface area (Å²) in [7, 11) is 0. The Morgan fingerprint density at radius 2 is 1.70 bits per heavy atom. The molecule has 1 atom stereocenters. The van der Waals surface area contributed by atoms with E-state index in [1.807, 2.05) is 61.5 Å². The van der Waals surface area contributed by atoms with Crippen molar-refractivity contribution in [2.24, 2.45) is 5.92 Å². The summed E-state index contributed by atoms with van der Waals surface area (Å²) < 4.78 is 5.80. The third-order valence-electron chi connectivity index (χ3n) is 7.12. The van der Waals surface area contributed by atoms with Crippen molar-refractivity contribution in [3.8, 4) is 5.75 Å². The Bertz CT molecular complexity index is 1370. The highest BCUT2D eigenvalue weighted by Gasteiger charge is 2.47. The first-order valence-corrected chi connectivity index (χ1v) is 13.1. The Kier molecular flexibility index (Phi) is 6.88. The van der Waals surface area contributed by atoms with Crippen LogP contribution in [0.5, 0.6) is 5.75 Å². The molecule has 5 heteroatoms. The number of hydrogen-bond donors (Lipinski definition) is 1. The van der Waals surface area contributed by atoms with Crippen LogP contribution in [0.1, 0.15) is 60.5 Å². The molecule has 3 aromatic carbocycles. The van der Waals surface area contributed by atoms with Crippen molar-refractivity contribution < 1.29 is 19.4 Å². The number of rotatable bonds is 6. The number of benzene rings is 3. The van der Waals surface area contributed by atoms with Crippen LogP contribution in [-0.2, 0) is 22.4 Å². The van der Waals surface area contributed by atoms with Crippen LogP contribution >= 0.6 is 0 Å². The van der Waals surface area contributed by atoms with Gasteiger partial charge in [0.2, 0.25) is 0 Å². The molecule has 0 saturated carbocycles. The summed E-state index contributed by atoms with van der Waals surface area (Å²) in [4.78, 5) is 28.4. The number of carbonyl (C=O) groups is 2. The monoisotopic (exact) mass is 495 g/mol. The lowest BCUT2D eigenvalue weighted by Crippen LogP contribution is -2.29. The van der Waals surface area contributed by atoms with Gasteiger partial charge in [-0.15, -0.1) is 0 Å². The maximum absolute atomic E-state index is 13.5. The van der Waals surface area contributed by atoms with Gasteiger partial charge in [-0.3, -0.25) is 14.5 Å². The average Bonchev–Trinajstić information content (AvgIpc) is 3.17. The van der Waals surface area contributed by atoms with Crippen molar-refractivity contribution in [1.29, 1.82) is 0 Å². The van der Waals surface area contributed by atoms with Gasteiger partial charge in [-0.1, -0.05) is 55.8 Å². The molecule has 1 unspecified atom stereocenters. The smallest absolute Gasteiger partial charge is 0.300 e. The quantitative estimate of drug-likeness (QED) is 0.240. The molecule has 37 heavy (non-hydrogen) atoms. The van der Waals surface area contributed by atoms with E-state index in [1.165, 1.54) is 16.0 Å². The van der Waals surface area contributed by atoms with Gasteiger partial charge in [0.15, 0.2) is 0 Å². The van der Waals surface area contributed by atoms with E-state index in [0.29, 0.717) is 29.5 Å². The average molecular weight is 496 g/mol. The molecule has 1 fully saturated rings. The predicted octanol–water partition coefficient (Wildman–Crippen LogP) is 6.53. The van der Waals surface area contributed by atoms with Gasteiger partial charge in [0.25, 0.3) is 11.7 Å². The first kappa shape index (κ1) is 24.8. The molecule has 0 radical (unpaired) electrons. The first-order valence-electron chi connectivity index (χ1n) is 13.1. The van der Waals surface area contributed by atoms with Crippen molar-refractivity contribution in [3.05, 3.63) is 100 Å². The molecular weight excluding hydrogens is 462 g/mol. The molecule has 1 saturated heterocycles. The van der Waals surface area contributed by atoms with Gasteiger partial charge in [0, 0.05) is 11.3 Å². The number of aliphatic hydroxyl groups is 1. The van der Waals surface area contributed by atoms with Crippen LogP contribution in [0.4, 0.5) is 5.69 Å². The Hall–Kier alpha value is -3.86. The van der Waals surface area contributed by atoms with Gasteiger partial charge in [0.1, 0.15) is 11.5 Å². The Labute approximate surface area is 218 Å². The van der Waals surface area contributed by atoms with Crippen LogP contribution in [0, 0.1) is 12.8 Å². The minimum absolute atomic E-state index is 0.117. The third kappa shape index (κ3) is 4.91. The van der Waals surface area contributed by atoms with E-state index < -0.39 is 17.7 Å². The van der Waals surface area contributed by atoms with Crippen molar-refractivity contribution in [2.75, 3.05) is 11.5 Å². The van der Waals surface area contributed by atoms with Crippen molar-refractivity contribution in [1.82, 2.24) is 0 Å². The Balaban J connectivity index is 1.60. The van der Waals surface area contributed by atoms with Crippen LogP contribution in [0.25, 0.3) is 5.76 Å². The fourth-order valence-corrected chi connectivity index (χ4v) is 5.26. The number of fused-ring (bicyclic) bond motifs is 1. The molecular formula is C32H33NO4. The number of hydrogen-bond acceptors (Lipinski definition) is 4. The van der Waals surface area contributed by atoms with Gasteiger partial charge in [0.05, 0.1) is 18.2 Å². The van der Waals surface area contributed by atoms with E-state index in [2.05, 4.69) is 13.8 Å². The fourth-order valence-electron chi connectivity index (χ4n) is 5.26. The largest absolute Gasteiger partial charge is 0.507 e. The summed E-state index contributed by atoms with van der Waals surface area (Å²) in [6, 6.07) is 20.1. The van der Waals surface area contributed by atoms with Crippen molar-refractivity contribution in [2.45, 2.75) is 52.5 Å². The summed E-state index contributed by atoms with van der Waals surface area (Å²) >= 11 is 0. The molecule has 2 aliphatic rings. The summed E-state index contributed by atoms with van der Waals surface area (Å²) in [5.41, 5.74) is 5.55. The summed E-state index contributed by atoms with van der Waals surface area (Å²) in [6.07, 6.45) is 4.26. The summed E-state index contributed by atoms with van der Waals surface area (Å²) in [5.74, 6) is -0.362. The highest BCUT2D eigenvalue weighted by Crippen LogP contribution is 2.43. The number of anilines is 1. The Morgan fingerprint density at radius 1 is 0.973 bits per heavy atom. The number of aryl methyl sites for hydroxylation is 3. The summed E-state index contributed by atoms with van der Waals surface area (Å²) in [6.45, 7) is 6.73. The predicted molar refractivity (Wildman–Crippen MR) is 146 cm³/mol. The molecule has 0 aromatic heterocycles. The second-order valence-corrected chi connectivity index (χ2v) is 10.5. The number of Topliss-reactive ketones (excluding diaryl/α,β-unsaturated/α-hetero) is 1. The zero-order valence-corrected chi connectivity index (χ0v) is 21.7. The molecule has 0 spiro atoms. The topological polar surface area (TPSA) is 66.8 Å². The molecule has 190 valence electrons. The van der Waals surface area contributed by atoms with E-state index >= 15 is 0 Å². The lowest BCUT2D eigenvalue weighted by Gasteiger charge is -2.26. The molecule has 1 aliphatic heterocycles. The maximum Gasteiger partial charge on any atom is 0.300 e. The van der Waals surface area contributed by atoms with E-state index in [9.17, 15) is 14.7 Å². The molecule has 1 heterocycles. The highest BCUT2D eigenvalue weighted by atomic mass is 16.5. The number of amides is 1. The van der Waals surface area contributed by atoms with Crippen LogP contribution < -0.4 is 9.64 Å². The fraction of sp³-hybridized carbons (Fsp3) is 0.312. The van der Waals surface area contributed by atoms with E-state index in [4.69, 9.17) is 4.74 Å². The molecule has 1 N–H and O–H groups in total. The van der Waals surface area contributed by atoms with Gasteiger partial charge in [-0.25, -0.2) is 0 Å². The number of ether oxygens (including phenoxy) is 1. The normalized spacial score (nSPS) is 18.8. The zero-order chi connectivity index (χ0) is 26.1. The molecule has 1 amide bonds. The van der Waals surface area contributed by atoms with Crippen LogP contribution in [0.2, 0.25) is 0 Å². The highest BCUT2D eigenvalue weighted by molar-refractivity contribution is 6.51. The van der Waals surface area contributed by atoms with Crippen molar-refractivity contribution in [3.63, 3.8) is 0 Å². The number of ketones is 1. The minimum atomic E-state index is -0.738. The molecule has 3 aromatic rings. The second-order valence-electron chi connectivity index (χ2n) is 10.5. The third-order valence-corrected chi connectivity index (χ3v) is 7.12. The molecule has 5 nitrogen and oxygen atoms in total. The minimum Gasteiger partial charge on any atom is -0.507 e. The van der Waals surface area contributed by atoms with E-state index in [1.54, 1.807) is 12.1 Å². The maximum atomic E-state index is 13.5. The van der Waals surface area contributed by atoms with Gasteiger partial charge >= 0.3 is 0 Å². The number of carbonyl (C=O) groups excluding carboxylic acids is 2. The Morgan fingerprint density at radius 3 is 2.41 bits per heavy atom. The van der Waals surface area contributed by atoms with Crippen LogP contribution in [-0.4, -0.2) is 23.4 Å². The first-order chi connectivity index (χ1) is 17.8. The lowest BCUT2D eigenvalue weighted by molar-refractivity contribution is -0.132. The standard InChI is InChI=1S/C32H33NO4/c1-20(2)19-37-27-15-13-26(14-16-27)33-29(24-10-6-7-21(3)17-24)28(31(35)32(33)36)30(34)25-12-11-22-8-4-5-9-23(22)18-25/h6-7,10-18,20,29,34H,4-5,8-9,19H2,1-3H3/b30-28-. The molecule has 5 rings (SSSR count). The van der Waals surface area contributed by atoms with Crippen LogP contribution in [0.3, 0.4) is 0 Å². The number of nitrogens with zero attached hydrogens (tertiary/aromatic N) is 1. The van der Waals surface area contributed by atoms with Gasteiger partial charge < -0.3 is 9.84 Å². The molecule has 1 aliphatic carbocycles. The second kappa shape index (κ2) is 10.3. The summed E-state index contributed by atoms with van der Waals surface area (Å²) in [5, 5.41) is 11.5. The van der Waals surface area contributed by atoms with E-state index in [0.717, 1.165) is 36.8 Å². The molecule has 0 bridgehead atoms. The SMILES string of the molecule is Cc1cccc(C2/C(=C(/O)c3ccc4c(c3)CCCC4)C(=O)C(=O)N2c2ccc(OCC(C)C)cc2)c1. The van der Waals surface area contributed by atoms with E-state index in [-0.39, 0.29) is 11.3 Å². The van der Waals surface area contributed by atoms with Crippen LogP contribution in [0.15, 0.2) is 72.3 Å². The number of aliphatic hydroxyl groups excluding tert-OH is 1.